The highest BCUT2D eigenvalue weighted by Gasteiger charge is 2.11. The molecule has 0 aliphatic carbocycles. The highest BCUT2D eigenvalue weighted by molar-refractivity contribution is 7.99. The molecule has 114 valence electrons. The van der Waals surface area contributed by atoms with Crippen molar-refractivity contribution in [1.82, 2.24) is 24.5 Å². The number of hydrogen-bond acceptors (Lipinski definition) is 7. The van der Waals surface area contributed by atoms with Crippen LogP contribution in [0, 0.1) is 0 Å². The lowest BCUT2D eigenvalue weighted by atomic mass is 10.4. The van der Waals surface area contributed by atoms with Crippen molar-refractivity contribution in [1.29, 1.82) is 0 Å². The van der Waals surface area contributed by atoms with Crippen LogP contribution in [0.2, 0.25) is 0 Å². The van der Waals surface area contributed by atoms with Crippen molar-refractivity contribution in [3.63, 3.8) is 0 Å². The molecule has 0 bridgehead atoms. The van der Waals surface area contributed by atoms with E-state index in [-0.39, 0.29) is 11.9 Å². The monoisotopic (exact) mass is 308 g/mol. The number of thioether (sulfide) groups is 1. The second-order valence-electron chi connectivity index (χ2n) is 4.58. The van der Waals surface area contributed by atoms with Crippen molar-refractivity contribution < 1.29 is 5.11 Å². The molecule has 2 aromatic rings. The molecule has 2 rings (SSSR count). The van der Waals surface area contributed by atoms with Gasteiger partial charge in [-0.25, -0.2) is 4.98 Å². The molecule has 1 unspecified atom stereocenters. The van der Waals surface area contributed by atoms with E-state index in [0.717, 1.165) is 13.0 Å². The summed E-state index contributed by atoms with van der Waals surface area (Å²) in [6.07, 6.45) is 6.84. The molecular weight excluding hydrogens is 288 g/mol. The minimum Gasteiger partial charge on any atom is -0.396 e. The quantitative estimate of drug-likeness (QED) is 0.718. The van der Waals surface area contributed by atoms with E-state index >= 15 is 0 Å². The van der Waals surface area contributed by atoms with Crippen molar-refractivity contribution in [2.75, 3.05) is 18.5 Å². The molecule has 0 saturated heterocycles. The van der Waals surface area contributed by atoms with E-state index < -0.39 is 0 Å². The molecule has 2 N–H and O–H groups in total. The van der Waals surface area contributed by atoms with Gasteiger partial charge in [0.05, 0.1) is 0 Å². The molecule has 7 nitrogen and oxygen atoms in total. The van der Waals surface area contributed by atoms with Crippen LogP contribution >= 0.6 is 11.8 Å². The zero-order valence-corrected chi connectivity index (χ0v) is 13.0. The van der Waals surface area contributed by atoms with Gasteiger partial charge in [0.15, 0.2) is 5.16 Å². The summed E-state index contributed by atoms with van der Waals surface area (Å²) in [7, 11) is 0. The van der Waals surface area contributed by atoms with Gasteiger partial charge in [-0.05, 0) is 12.8 Å². The Kier molecular flexibility index (Phi) is 5.94. The molecule has 0 spiro atoms. The van der Waals surface area contributed by atoms with E-state index in [1.54, 1.807) is 23.3 Å². The van der Waals surface area contributed by atoms with Crippen LogP contribution in [0.5, 0.6) is 0 Å². The van der Waals surface area contributed by atoms with Gasteiger partial charge in [-0.1, -0.05) is 25.6 Å². The van der Waals surface area contributed by atoms with Crippen molar-refractivity contribution in [3.8, 4) is 5.95 Å². The van der Waals surface area contributed by atoms with Crippen molar-refractivity contribution >= 4 is 17.7 Å². The Morgan fingerprint density at radius 2 is 2.24 bits per heavy atom. The summed E-state index contributed by atoms with van der Waals surface area (Å²) < 4.78 is 1.75. The summed E-state index contributed by atoms with van der Waals surface area (Å²) in [5, 5.41) is 13.1. The second-order valence-corrected chi connectivity index (χ2v) is 5.98. The minimum atomic E-state index is 0.161. The fraction of sp³-hybridized carbons (Fsp3) is 0.538. The Bertz CT molecular complexity index is 548. The highest BCUT2D eigenvalue weighted by Crippen LogP contribution is 2.23. The van der Waals surface area contributed by atoms with E-state index in [1.807, 2.05) is 6.92 Å². The van der Waals surface area contributed by atoms with Crippen molar-refractivity contribution in [2.45, 2.75) is 37.1 Å². The van der Waals surface area contributed by atoms with E-state index in [9.17, 15) is 0 Å². The fourth-order valence-electron chi connectivity index (χ4n) is 1.63. The van der Waals surface area contributed by atoms with Crippen LogP contribution in [-0.2, 0) is 0 Å². The fourth-order valence-corrected chi connectivity index (χ4v) is 2.48. The lowest BCUT2D eigenvalue weighted by Crippen LogP contribution is -2.11. The van der Waals surface area contributed by atoms with E-state index in [1.165, 1.54) is 11.8 Å². The molecule has 0 amide bonds. The lowest BCUT2D eigenvalue weighted by Gasteiger charge is -2.11. The number of imidazole rings is 1. The van der Waals surface area contributed by atoms with Gasteiger partial charge in [0.25, 0.3) is 0 Å². The Labute approximate surface area is 128 Å². The number of aliphatic hydroxyl groups excluding tert-OH is 1. The van der Waals surface area contributed by atoms with Crippen LogP contribution in [-0.4, -0.2) is 48.0 Å². The third-order valence-electron chi connectivity index (χ3n) is 2.71. The summed E-state index contributed by atoms with van der Waals surface area (Å²) >= 11 is 1.53. The molecule has 8 heteroatoms. The minimum absolute atomic E-state index is 0.161. The third-order valence-corrected chi connectivity index (χ3v) is 3.75. The molecule has 2 aromatic heterocycles. The van der Waals surface area contributed by atoms with Crippen LogP contribution < -0.4 is 5.32 Å². The van der Waals surface area contributed by atoms with Gasteiger partial charge in [-0.3, -0.25) is 4.57 Å². The Morgan fingerprint density at radius 1 is 1.38 bits per heavy atom. The van der Waals surface area contributed by atoms with E-state index in [2.05, 4.69) is 32.2 Å². The van der Waals surface area contributed by atoms with E-state index in [0.29, 0.717) is 23.5 Å². The summed E-state index contributed by atoms with van der Waals surface area (Å²) in [6.45, 7) is 5.10. The first-order chi connectivity index (χ1) is 10.2. The third kappa shape index (κ3) is 4.68. The van der Waals surface area contributed by atoms with Gasteiger partial charge in [-0.2, -0.15) is 15.0 Å². The molecule has 0 aliphatic heterocycles. The standard InChI is InChI=1S/C13H20N6OS/c1-3-5-15-11-16-12(19-7-6-14-9-19)18-13(17-11)21-10(2)4-8-20/h6-7,9-10,20H,3-5,8H2,1-2H3,(H,15,16,17,18). The predicted octanol–water partition coefficient (Wildman–Crippen LogP) is 1.74. The lowest BCUT2D eigenvalue weighted by molar-refractivity contribution is 0.289. The number of nitrogens with one attached hydrogen (secondary N) is 1. The topological polar surface area (TPSA) is 88.8 Å². The van der Waals surface area contributed by atoms with Crippen LogP contribution in [0.25, 0.3) is 5.95 Å². The predicted molar refractivity (Wildman–Crippen MR) is 82.8 cm³/mol. The maximum absolute atomic E-state index is 9.00. The first-order valence-corrected chi connectivity index (χ1v) is 7.86. The largest absolute Gasteiger partial charge is 0.396 e. The molecule has 1 atom stereocenters. The SMILES string of the molecule is CCCNc1nc(SC(C)CCO)nc(-n2ccnc2)n1. The van der Waals surface area contributed by atoms with Crippen LogP contribution in [0.15, 0.2) is 23.9 Å². The highest BCUT2D eigenvalue weighted by atomic mass is 32.2. The van der Waals surface area contributed by atoms with Gasteiger partial charge >= 0.3 is 0 Å². The number of aliphatic hydroxyl groups is 1. The van der Waals surface area contributed by atoms with Crippen LogP contribution in [0.4, 0.5) is 5.95 Å². The molecule has 0 radical (unpaired) electrons. The number of nitrogens with zero attached hydrogens (tertiary/aromatic N) is 5. The normalized spacial score (nSPS) is 12.3. The number of aromatic nitrogens is 5. The zero-order valence-electron chi connectivity index (χ0n) is 12.2. The number of hydrogen-bond donors (Lipinski definition) is 2. The molecular formula is C13H20N6OS. The Hall–Kier alpha value is -1.67. The first-order valence-electron chi connectivity index (χ1n) is 6.98. The Morgan fingerprint density at radius 3 is 2.90 bits per heavy atom. The summed E-state index contributed by atoms with van der Waals surface area (Å²) in [6, 6.07) is 0. The molecule has 21 heavy (non-hydrogen) atoms. The maximum atomic E-state index is 9.00. The molecule has 0 aromatic carbocycles. The molecule has 0 saturated carbocycles. The van der Waals surface area contributed by atoms with Gasteiger partial charge in [0.1, 0.15) is 6.33 Å². The van der Waals surface area contributed by atoms with Crippen molar-refractivity contribution in [2.24, 2.45) is 0 Å². The van der Waals surface area contributed by atoms with Crippen LogP contribution in [0.3, 0.4) is 0 Å². The maximum Gasteiger partial charge on any atom is 0.240 e. The molecule has 2 heterocycles. The van der Waals surface area contributed by atoms with Gasteiger partial charge in [0, 0.05) is 30.8 Å². The van der Waals surface area contributed by atoms with Gasteiger partial charge in [-0.15, -0.1) is 0 Å². The summed E-state index contributed by atoms with van der Waals surface area (Å²) in [5.41, 5.74) is 0. The van der Waals surface area contributed by atoms with Crippen molar-refractivity contribution in [3.05, 3.63) is 18.7 Å². The Balaban J connectivity index is 2.24. The zero-order chi connectivity index (χ0) is 15.1. The smallest absolute Gasteiger partial charge is 0.240 e. The van der Waals surface area contributed by atoms with Gasteiger partial charge < -0.3 is 10.4 Å². The number of rotatable bonds is 8. The first kappa shape index (κ1) is 15.7. The average molecular weight is 308 g/mol. The summed E-state index contributed by atoms with van der Waals surface area (Å²) in [4.78, 5) is 17.3. The number of anilines is 1. The van der Waals surface area contributed by atoms with Gasteiger partial charge in [0.2, 0.25) is 11.9 Å². The van der Waals surface area contributed by atoms with Crippen LogP contribution in [0.1, 0.15) is 26.7 Å². The molecule has 0 aliphatic rings. The second kappa shape index (κ2) is 7.94. The average Bonchev–Trinajstić information content (AvgIpc) is 2.99. The summed E-state index contributed by atoms with van der Waals surface area (Å²) in [5.74, 6) is 1.11. The van der Waals surface area contributed by atoms with E-state index in [4.69, 9.17) is 5.11 Å². The molecule has 0 fully saturated rings.